The van der Waals surface area contributed by atoms with Crippen molar-refractivity contribution in [1.82, 2.24) is 9.78 Å². The Morgan fingerprint density at radius 1 is 1.55 bits per heavy atom. The third-order valence-electron chi connectivity index (χ3n) is 2.79. The largest absolute Gasteiger partial charge is 0.462 e. The van der Waals surface area contributed by atoms with Crippen LogP contribution in [-0.2, 0) is 4.74 Å². The van der Waals surface area contributed by atoms with Crippen molar-refractivity contribution >= 4 is 21.9 Å². The molecule has 1 N–H and O–H groups in total. The van der Waals surface area contributed by atoms with E-state index in [4.69, 9.17) is 4.74 Å². The zero-order valence-corrected chi connectivity index (χ0v) is 12.8. The minimum atomic E-state index is -0.550. The molecule has 6 heteroatoms. The van der Waals surface area contributed by atoms with Crippen molar-refractivity contribution in [3.05, 3.63) is 46.2 Å². The second-order valence-electron chi connectivity index (χ2n) is 4.28. The molecule has 2 aromatic rings. The van der Waals surface area contributed by atoms with Crippen LogP contribution in [-0.4, -0.2) is 27.5 Å². The van der Waals surface area contributed by atoms with Crippen molar-refractivity contribution in [2.75, 3.05) is 6.61 Å². The maximum absolute atomic E-state index is 11.6. The number of nitrogens with zero attached hydrogens (tertiary/aromatic N) is 2. The maximum atomic E-state index is 11.6. The van der Waals surface area contributed by atoms with E-state index >= 15 is 0 Å². The molecule has 20 heavy (non-hydrogen) atoms. The molecule has 0 amide bonds. The van der Waals surface area contributed by atoms with Gasteiger partial charge in [-0.1, -0.05) is 22.0 Å². The van der Waals surface area contributed by atoms with Crippen molar-refractivity contribution in [2.24, 2.45) is 0 Å². The Balaban J connectivity index is 2.28. The first kappa shape index (κ1) is 14.7. The van der Waals surface area contributed by atoms with Gasteiger partial charge in [0.15, 0.2) is 0 Å². The van der Waals surface area contributed by atoms with E-state index in [1.807, 2.05) is 18.2 Å². The maximum Gasteiger partial charge on any atom is 0.341 e. The molecule has 1 atom stereocenters. The molecule has 0 saturated carbocycles. The summed E-state index contributed by atoms with van der Waals surface area (Å²) < 4.78 is 7.29. The predicted octanol–water partition coefficient (Wildman–Crippen LogP) is 2.86. The first-order valence-electron chi connectivity index (χ1n) is 6.22. The number of carbonyl (C=O) groups excluding carboxylic acids is 1. The van der Waals surface area contributed by atoms with Crippen molar-refractivity contribution < 1.29 is 14.6 Å². The van der Waals surface area contributed by atoms with E-state index in [0.717, 1.165) is 15.7 Å². The van der Waals surface area contributed by atoms with Gasteiger partial charge in [-0.05, 0) is 31.5 Å². The van der Waals surface area contributed by atoms with Gasteiger partial charge in [0.05, 0.1) is 30.2 Å². The fourth-order valence-electron chi connectivity index (χ4n) is 1.78. The van der Waals surface area contributed by atoms with Gasteiger partial charge in [0, 0.05) is 10.7 Å². The lowest BCUT2D eigenvalue weighted by molar-refractivity contribution is 0.0526. The second-order valence-corrected chi connectivity index (χ2v) is 5.13. The minimum Gasteiger partial charge on any atom is -0.462 e. The molecular weight excluding hydrogens is 324 g/mol. The predicted molar refractivity (Wildman–Crippen MR) is 77.9 cm³/mol. The van der Waals surface area contributed by atoms with Crippen LogP contribution in [0.25, 0.3) is 5.69 Å². The summed E-state index contributed by atoms with van der Waals surface area (Å²) in [4.78, 5) is 11.6. The van der Waals surface area contributed by atoms with Crippen LogP contribution in [0.15, 0.2) is 35.1 Å². The molecule has 106 valence electrons. The Labute approximate surface area is 125 Å². The van der Waals surface area contributed by atoms with Crippen LogP contribution in [0.1, 0.15) is 35.9 Å². The van der Waals surface area contributed by atoms with E-state index < -0.39 is 12.1 Å². The number of hydrogen-bond donors (Lipinski definition) is 1. The highest BCUT2D eigenvalue weighted by atomic mass is 79.9. The van der Waals surface area contributed by atoms with Crippen LogP contribution in [0.5, 0.6) is 0 Å². The van der Waals surface area contributed by atoms with Crippen LogP contribution in [0.3, 0.4) is 0 Å². The normalized spacial score (nSPS) is 12.2. The standard InChI is InChI=1S/C14H15BrN2O3/c1-3-20-14(19)10-7-16-17(8-10)11-4-5-12(9(2)18)13(15)6-11/h4-9,18H,3H2,1-2H3. The number of hydrogen-bond acceptors (Lipinski definition) is 4. The first-order valence-corrected chi connectivity index (χ1v) is 7.02. The molecule has 0 saturated heterocycles. The van der Waals surface area contributed by atoms with Gasteiger partial charge in [0.1, 0.15) is 0 Å². The van der Waals surface area contributed by atoms with E-state index in [1.165, 1.54) is 6.20 Å². The molecule has 5 nitrogen and oxygen atoms in total. The molecule has 1 aromatic heterocycles. The highest BCUT2D eigenvalue weighted by Gasteiger charge is 2.12. The van der Waals surface area contributed by atoms with Gasteiger partial charge in [0.25, 0.3) is 0 Å². The van der Waals surface area contributed by atoms with Crippen LogP contribution >= 0.6 is 15.9 Å². The molecule has 1 heterocycles. The molecule has 0 aliphatic heterocycles. The quantitative estimate of drug-likeness (QED) is 0.870. The fraction of sp³-hybridized carbons (Fsp3) is 0.286. The molecule has 0 fully saturated rings. The number of aliphatic hydroxyl groups is 1. The molecule has 1 unspecified atom stereocenters. The van der Waals surface area contributed by atoms with Crippen LogP contribution in [0.4, 0.5) is 0 Å². The smallest absolute Gasteiger partial charge is 0.341 e. The summed E-state index contributed by atoms with van der Waals surface area (Å²) >= 11 is 3.41. The first-order chi connectivity index (χ1) is 9.52. The molecule has 1 aromatic carbocycles. The van der Waals surface area contributed by atoms with Gasteiger partial charge < -0.3 is 9.84 Å². The number of carbonyl (C=O) groups is 1. The zero-order valence-electron chi connectivity index (χ0n) is 11.2. The molecule has 0 aliphatic carbocycles. The van der Waals surface area contributed by atoms with Crippen LogP contribution in [0.2, 0.25) is 0 Å². The zero-order chi connectivity index (χ0) is 14.7. The highest BCUT2D eigenvalue weighted by molar-refractivity contribution is 9.10. The summed E-state index contributed by atoms with van der Waals surface area (Å²) in [6.07, 6.45) is 2.53. The van der Waals surface area contributed by atoms with Gasteiger partial charge in [-0.3, -0.25) is 0 Å². The van der Waals surface area contributed by atoms with Crippen molar-refractivity contribution in [2.45, 2.75) is 20.0 Å². The Morgan fingerprint density at radius 2 is 2.30 bits per heavy atom. The average molecular weight is 339 g/mol. The van der Waals surface area contributed by atoms with Gasteiger partial charge in [-0.25, -0.2) is 9.48 Å². The fourth-order valence-corrected chi connectivity index (χ4v) is 2.48. The topological polar surface area (TPSA) is 64.3 Å². The third-order valence-corrected chi connectivity index (χ3v) is 3.48. The summed E-state index contributed by atoms with van der Waals surface area (Å²) in [6.45, 7) is 3.79. The van der Waals surface area contributed by atoms with Crippen LogP contribution < -0.4 is 0 Å². The SMILES string of the molecule is CCOC(=O)c1cnn(-c2ccc(C(C)O)c(Br)c2)c1. The number of halogens is 1. The number of ether oxygens (including phenoxy) is 1. The third kappa shape index (κ3) is 3.08. The van der Waals surface area contributed by atoms with E-state index in [-0.39, 0.29) is 0 Å². The Morgan fingerprint density at radius 3 is 2.90 bits per heavy atom. The van der Waals surface area contributed by atoms with Crippen molar-refractivity contribution in [3.63, 3.8) is 0 Å². The van der Waals surface area contributed by atoms with E-state index in [9.17, 15) is 9.90 Å². The minimum absolute atomic E-state index is 0.332. The number of rotatable bonds is 4. The van der Waals surface area contributed by atoms with Crippen molar-refractivity contribution in [3.8, 4) is 5.69 Å². The number of aromatic nitrogens is 2. The molecule has 0 aliphatic rings. The summed E-state index contributed by atoms with van der Waals surface area (Å²) in [5.41, 5.74) is 1.99. The molecule has 0 radical (unpaired) electrons. The van der Waals surface area contributed by atoms with E-state index in [0.29, 0.717) is 12.2 Å². The average Bonchev–Trinajstić information content (AvgIpc) is 2.88. The summed E-state index contributed by atoms with van der Waals surface area (Å²) in [6, 6.07) is 5.48. The summed E-state index contributed by atoms with van der Waals surface area (Å²) in [5, 5.41) is 13.7. The summed E-state index contributed by atoms with van der Waals surface area (Å²) in [5.74, 6) is -0.390. The number of benzene rings is 1. The van der Waals surface area contributed by atoms with Gasteiger partial charge >= 0.3 is 5.97 Å². The highest BCUT2D eigenvalue weighted by Crippen LogP contribution is 2.25. The lowest BCUT2D eigenvalue weighted by atomic mass is 10.1. The van der Waals surface area contributed by atoms with E-state index in [1.54, 1.807) is 24.7 Å². The molecule has 0 bridgehead atoms. The molecule has 0 spiro atoms. The molecular formula is C14H15BrN2O3. The number of esters is 1. The van der Waals surface area contributed by atoms with Gasteiger partial charge in [0.2, 0.25) is 0 Å². The Hall–Kier alpha value is -1.66. The van der Waals surface area contributed by atoms with Gasteiger partial charge in [-0.2, -0.15) is 5.10 Å². The Bertz CT molecular complexity index is 623. The van der Waals surface area contributed by atoms with Gasteiger partial charge in [-0.15, -0.1) is 0 Å². The lowest BCUT2D eigenvalue weighted by Gasteiger charge is -2.09. The summed E-state index contributed by atoms with van der Waals surface area (Å²) in [7, 11) is 0. The van der Waals surface area contributed by atoms with E-state index in [2.05, 4.69) is 21.0 Å². The lowest BCUT2D eigenvalue weighted by Crippen LogP contribution is -2.03. The number of aliphatic hydroxyl groups excluding tert-OH is 1. The second kappa shape index (κ2) is 6.19. The molecule has 2 rings (SSSR count). The van der Waals surface area contributed by atoms with Crippen LogP contribution in [0, 0.1) is 0 Å². The monoisotopic (exact) mass is 338 g/mol. The Kier molecular flexibility index (Phi) is 4.57. The van der Waals surface area contributed by atoms with Crippen molar-refractivity contribution in [1.29, 1.82) is 0 Å².